The van der Waals surface area contributed by atoms with Crippen LogP contribution in [0.3, 0.4) is 0 Å². The second kappa shape index (κ2) is 16.6. The fourth-order valence-electron chi connectivity index (χ4n) is 4.85. The Morgan fingerprint density at radius 1 is 0.955 bits per heavy atom. The Morgan fingerprint density at radius 3 is 2.07 bits per heavy atom. The van der Waals surface area contributed by atoms with Crippen LogP contribution in [0, 0.1) is 5.82 Å². The van der Waals surface area contributed by atoms with Crippen LogP contribution in [0.1, 0.15) is 51.9 Å². The van der Waals surface area contributed by atoms with Gasteiger partial charge in [0.25, 0.3) is 0 Å². The average Bonchev–Trinajstić information content (AvgIpc) is 3.00. The predicted molar refractivity (Wildman–Crippen MR) is 168 cm³/mol. The molecule has 10 heteroatoms. The van der Waals surface area contributed by atoms with E-state index in [1.54, 1.807) is 6.07 Å². The van der Waals surface area contributed by atoms with Gasteiger partial charge in [0, 0.05) is 43.6 Å². The highest BCUT2D eigenvalue weighted by Crippen LogP contribution is 2.37. The van der Waals surface area contributed by atoms with E-state index in [9.17, 15) is 22.4 Å². The molecule has 1 unspecified atom stereocenters. The third kappa shape index (κ3) is 9.56. The van der Waals surface area contributed by atoms with E-state index in [0.717, 1.165) is 30.4 Å². The minimum Gasteiger partial charge on any atom is -0.491 e. The van der Waals surface area contributed by atoms with Crippen molar-refractivity contribution in [2.45, 2.75) is 43.0 Å². The van der Waals surface area contributed by atoms with E-state index in [1.807, 2.05) is 67.6 Å². The van der Waals surface area contributed by atoms with Gasteiger partial charge in [-0.1, -0.05) is 84.4 Å². The van der Waals surface area contributed by atoms with Crippen molar-refractivity contribution in [3.63, 3.8) is 0 Å². The number of carbonyl (C=O) groups excluding carboxylic acids is 1. The van der Waals surface area contributed by atoms with Crippen LogP contribution in [0.2, 0.25) is 5.02 Å². The van der Waals surface area contributed by atoms with Crippen molar-refractivity contribution in [2.24, 2.45) is 0 Å². The lowest BCUT2D eigenvalue weighted by molar-refractivity contribution is -0.137. The number of ether oxygens (including phenoxy) is 1. The molecule has 0 bridgehead atoms. The van der Waals surface area contributed by atoms with Crippen LogP contribution >= 0.6 is 24.2 Å². The number of rotatable bonds is 12. The van der Waals surface area contributed by atoms with Gasteiger partial charge >= 0.3 is 6.18 Å². The number of aliphatic hydroxyl groups is 1. The van der Waals surface area contributed by atoms with Crippen LogP contribution in [0.5, 0.6) is 5.75 Å². The van der Waals surface area contributed by atoms with Crippen molar-refractivity contribution in [1.82, 2.24) is 4.90 Å². The lowest BCUT2D eigenvalue weighted by Crippen LogP contribution is -2.32. The van der Waals surface area contributed by atoms with E-state index in [1.165, 1.54) is 12.1 Å². The first kappa shape index (κ1) is 35.1. The molecule has 234 valence electrons. The number of benzene rings is 4. The van der Waals surface area contributed by atoms with Gasteiger partial charge in [-0.25, -0.2) is 4.39 Å². The number of alkyl halides is 3. The molecule has 0 heterocycles. The van der Waals surface area contributed by atoms with Gasteiger partial charge in [0.05, 0.1) is 22.3 Å². The monoisotopic (exact) mass is 647 g/mol. The molecular weight excluding hydrogens is 614 g/mol. The first-order valence-electron chi connectivity index (χ1n) is 13.8. The molecule has 1 atom stereocenters. The van der Waals surface area contributed by atoms with Crippen LogP contribution in [-0.4, -0.2) is 42.6 Å². The summed E-state index contributed by atoms with van der Waals surface area (Å²) in [5.74, 6) is -0.562. The van der Waals surface area contributed by atoms with E-state index in [2.05, 4.69) is 17.5 Å². The maximum absolute atomic E-state index is 14.3. The Morgan fingerprint density at radius 2 is 1.55 bits per heavy atom. The summed E-state index contributed by atoms with van der Waals surface area (Å²) in [6.07, 6.45) is -4.08. The zero-order valence-electron chi connectivity index (χ0n) is 24.3. The normalized spacial score (nSPS) is 12.1. The fraction of sp³-hybridized carbons (Fsp3) is 0.265. The molecule has 0 saturated carbocycles. The number of hydrogen-bond donors (Lipinski definition) is 2. The summed E-state index contributed by atoms with van der Waals surface area (Å²) < 4.78 is 61.1. The van der Waals surface area contributed by atoms with Crippen molar-refractivity contribution in [1.29, 1.82) is 0 Å². The third-order valence-corrected chi connectivity index (χ3v) is 7.83. The first-order valence-corrected chi connectivity index (χ1v) is 14.6. The van der Waals surface area contributed by atoms with E-state index in [0.29, 0.717) is 31.4 Å². The zero-order chi connectivity index (χ0) is 32.3. The molecule has 0 aromatic heterocycles. The highest BCUT2D eigenvalue weighted by molar-refractivity contribution is 7.80. The molecule has 4 aromatic carbocycles. The maximum atomic E-state index is 14.3. The van der Waals surface area contributed by atoms with Crippen molar-refractivity contribution < 1.29 is 32.2 Å². The Bertz CT molecular complexity index is 1430. The second-order valence-corrected chi connectivity index (χ2v) is 10.9. The first-order chi connectivity index (χ1) is 21.1. The van der Waals surface area contributed by atoms with Crippen molar-refractivity contribution in [3.05, 3.63) is 130 Å². The molecule has 4 nitrogen and oxygen atoms in total. The largest absolute Gasteiger partial charge is 0.491 e. The van der Waals surface area contributed by atoms with Crippen LogP contribution in [0.4, 0.5) is 17.6 Å². The Labute approximate surface area is 265 Å². The number of aliphatic hydroxyl groups excluding tert-OH is 1. The van der Waals surface area contributed by atoms with Gasteiger partial charge in [-0.15, -0.1) is 12.6 Å². The number of thiol groups is 1. The highest BCUT2D eigenvalue weighted by atomic mass is 35.5. The summed E-state index contributed by atoms with van der Waals surface area (Å²) in [4.78, 5) is 13.3. The standard InChI is InChI=1S/C33H30ClF4NO2S.CH4O/c1-22(41-26-17-30(35)28(21-40)31(42)18-26)15-16-39(19-25-13-8-14-29(32(25)34)33(36,37)38)20-27(23-9-4-2-5-10-23)24-11-6-3-7-12-24;1-2/h2-14,17-18,21-22,27,42H,15-16,19-20H2,1H3;2H,1H3. The maximum Gasteiger partial charge on any atom is 0.417 e. The Balaban J connectivity index is 0.00000259. The van der Waals surface area contributed by atoms with E-state index in [-0.39, 0.29) is 39.8 Å². The van der Waals surface area contributed by atoms with Gasteiger partial charge in [-0.3, -0.25) is 9.69 Å². The van der Waals surface area contributed by atoms with Gasteiger partial charge < -0.3 is 9.84 Å². The van der Waals surface area contributed by atoms with Crippen molar-refractivity contribution in [2.75, 3.05) is 20.2 Å². The molecule has 4 rings (SSSR count). The Hall–Kier alpha value is -3.37. The summed E-state index contributed by atoms with van der Waals surface area (Å²) in [6, 6.07) is 26.4. The quantitative estimate of drug-likeness (QED) is 0.0918. The third-order valence-electron chi connectivity index (χ3n) is 7.01. The van der Waals surface area contributed by atoms with Gasteiger partial charge in [-0.05, 0) is 42.2 Å². The van der Waals surface area contributed by atoms with Crippen LogP contribution in [0.15, 0.2) is 95.9 Å². The van der Waals surface area contributed by atoms with Gasteiger partial charge in [0.15, 0.2) is 6.29 Å². The van der Waals surface area contributed by atoms with E-state index >= 15 is 0 Å². The molecule has 0 aliphatic heterocycles. The van der Waals surface area contributed by atoms with Crippen molar-refractivity contribution in [3.8, 4) is 5.75 Å². The molecular formula is C34H34ClF4NO3S. The highest BCUT2D eigenvalue weighted by Gasteiger charge is 2.34. The van der Waals surface area contributed by atoms with Crippen LogP contribution in [0.25, 0.3) is 0 Å². The minimum absolute atomic E-state index is 0.0649. The topological polar surface area (TPSA) is 49.8 Å². The summed E-state index contributed by atoms with van der Waals surface area (Å²) in [6.45, 7) is 2.95. The van der Waals surface area contributed by atoms with Gasteiger partial charge in [-0.2, -0.15) is 13.2 Å². The van der Waals surface area contributed by atoms with Gasteiger partial charge in [0.2, 0.25) is 0 Å². The van der Waals surface area contributed by atoms with E-state index < -0.39 is 17.6 Å². The average molecular weight is 648 g/mol. The molecule has 0 fully saturated rings. The molecule has 0 radical (unpaired) electrons. The SMILES string of the molecule is CC(CCN(Cc1cccc(C(F)(F)F)c1Cl)CC(c1ccccc1)c1ccccc1)Oc1cc(F)c(C=O)c(S)c1.CO. The lowest BCUT2D eigenvalue weighted by Gasteiger charge is -2.30. The predicted octanol–water partition coefficient (Wildman–Crippen LogP) is 8.70. The number of aldehydes is 1. The molecule has 0 aliphatic rings. The summed E-state index contributed by atoms with van der Waals surface area (Å²) in [5.41, 5.74) is 1.49. The van der Waals surface area contributed by atoms with Crippen LogP contribution < -0.4 is 4.74 Å². The number of halogens is 5. The van der Waals surface area contributed by atoms with Crippen molar-refractivity contribution >= 4 is 30.5 Å². The lowest BCUT2D eigenvalue weighted by atomic mass is 9.90. The van der Waals surface area contributed by atoms with Gasteiger partial charge in [0.1, 0.15) is 11.6 Å². The molecule has 0 spiro atoms. The van der Waals surface area contributed by atoms with E-state index in [4.69, 9.17) is 21.4 Å². The zero-order valence-corrected chi connectivity index (χ0v) is 25.9. The molecule has 1 N–H and O–H groups in total. The molecule has 44 heavy (non-hydrogen) atoms. The molecule has 4 aromatic rings. The number of nitrogens with zero attached hydrogens (tertiary/aromatic N) is 1. The minimum atomic E-state index is -4.57. The second-order valence-electron chi connectivity index (χ2n) is 10.1. The number of hydrogen-bond acceptors (Lipinski definition) is 5. The molecule has 0 aliphatic carbocycles. The Kier molecular flexibility index (Phi) is 13.3. The molecule has 0 amide bonds. The summed E-state index contributed by atoms with van der Waals surface area (Å²) in [7, 11) is 1.00. The summed E-state index contributed by atoms with van der Waals surface area (Å²) in [5, 5.41) is 6.68. The smallest absolute Gasteiger partial charge is 0.417 e. The van der Waals surface area contributed by atoms with Crippen LogP contribution in [-0.2, 0) is 12.7 Å². The number of carbonyl (C=O) groups is 1. The molecule has 0 saturated heterocycles. The fourth-order valence-corrected chi connectivity index (χ4v) is 5.43. The summed E-state index contributed by atoms with van der Waals surface area (Å²) >= 11 is 10.5.